The van der Waals surface area contributed by atoms with E-state index in [1.54, 1.807) is 12.1 Å². The van der Waals surface area contributed by atoms with Gasteiger partial charge in [-0.15, -0.1) is 12.4 Å². The summed E-state index contributed by atoms with van der Waals surface area (Å²) in [4.78, 5) is 2.16. The summed E-state index contributed by atoms with van der Waals surface area (Å²) in [6, 6.07) is 23.0. The summed E-state index contributed by atoms with van der Waals surface area (Å²) in [6.07, 6.45) is 2.02. The fourth-order valence-corrected chi connectivity index (χ4v) is 2.92. The molecule has 0 aliphatic carbocycles. The summed E-state index contributed by atoms with van der Waals surface area (Å²) in [6.45, 7) is 1.47. The summed E-state index contributed by atoms with van der Waals surface area (Å²) in [5.74, 6) is -0.607. The van der Waals surface area contributed by atoms with Crippen molar-refractivity contribution < 1.29 is 8.78 Å². The van der Waals surface area contributed by atoms with Crippen LogP contribution in [0.2, 0.25) is 0 Å². The molecule has 27 heavy (non-hydrogen) atoms. The summed E-state index contributed by atoms with van der Waals surface area (Å²) >= 11 is 0. The minimum atomic E-state index is -0.303. The smallest absolute Gasteiger partial charge is 0.123 e. The van der Waals surface area contributed by atoms with Crippen LogP contribution in [0.4, 0.5) is 8.78 Å². The van der Waals surface area contributed by atoms with E-state index in [9.17, 15) is 8.78 Å². The van der Waals surface area contributed by atoms with Crippen molar-refractivity contribution in [1.29, 1.82) is 0 Å². The average Bonchev–Trinajstić information content (AvgIpc) is 2.63. The molecule has 0 saturated carbocycles. The Balaban J connectivity index is 0.00000261. The van der Waals surface area contributed by atoms with Crippen molar-refractivity contribution in [2.45, 2.75) is 6.54 Å². The molecule has 0 amide bonds. The van der Waals surface area contributed by atoms with Crippen LogP contribution in [0.3, 0.4) is 0 Å². The third-order valence-electron chi connectivity index (χ3n) is 4.17. The van der Waals surface area contributed by atoms with Crippen LogP contribution in [0.1, 0.15) is 16.7 Å². The average molecular weight is 386 g/mol. The zero-order valence-electron chi connectivity index (χ0n) is 15.1. The van der Waals surface area contributed by atoms with Gasteiger partial charge in [-0.1, -0.05) is 60.7 Å². The largest absolute Gasteiger partial charge is 0.298 e. The zero-order chi connectivity index (χ0) is 18.4. The fraction of sp³-hybridized carbons (Fsp3) is 0.130. The van der Waals surface area contributed by atoms with Crippen molar-refractivity contribution in [1.82, 2.24) is 4.90 Å². The van der Waals surface area contributed by atoms with Gasteiger partial charge in [-0.2, -0.15) is 0 Å². The van der Waals surface area contributed by atoms with E-state index in [0.717, 1.165) is 23.2 Å². The molecule has 3 aromatic carbocycles. The first-order valence-electron chi connectivity index (χ1n) is 8.56. The van der Waals surface area contributed by atoms with Gasteiger partial charge >= 0.3 is 0 Å². The molecule has 0 spiro atoms. The quantitative estimate of drug-likeness (QED) is 0.506. The normalized spacial score (nSPS) is 10.4. The van der Waals surface area contributed by atoms with Crippen LogP contribution in [0, 0.1) is 11.6 Å². The third kappa shape index (κ3) is 6.02. The first-order valence-corrected chi connectivity index (χ1v) is 8.56. The van der Waals surface area contributed by atoms with Gasteiger partial charge in [0.2, 0.25) is 0 Å². The van der Waals surface area contributed by atoms with Gasteiger partial charge in [0, 0.05) is 13.1 Å². The lowest BCUT2D eigenvalue weighted by molar-refractivity contribution is 0.364. The summed E-state index contributed by atoms with van der Waals surface area (Å²) in [7, 11) is 2.03. The molecule has 0 radical (unpaired) electrons. The highest BCUT2D eigenvalue weighted by Crippen LogP contribution is 2.24. The van der Waals surface area contributed by atoms with Crippen molar-refractivity contribution in [3.63, 3.8) is 0 Å². The van der Waals surface area contributed by atoms with Gasteiger partial charge in [0.05, 0.1) is 0 Å². The second kappa shape index (κ2) is 10.0. The van der Waals surface area contributed by atoms with E-state index in [2.05, 4.69) is 17.0 Å². The maximum absolute atomic E-state index is 13.7. The van der Waals surface area contributed by atoms with Gasteiger partial charge in [0.15, 0.2) is 0 Å². The predicted octanol–water partition coefficient (Wildman–Crippen LogP) is 5.95. The highest BCUT2D eigenvalue weighted by molar-refractivity contribution is 5.85. The molecule has 0 aromatic heterocycles. The first kappa shape index (κ1) is 20.8. The SMILES string of the molecule is CN(CC=C(c1cccc(F)c1)c1cccc(F)c1)Cc1ccccc1.Cl. The van der Waals surface area contributed by atoms with Crippen LogP contribution >= 0.6 is 12.4 Å². The van der Waals surface area contributed by atoms with Crippen LogP contribution in [-0.2, 0) is 6.54 Å². The maximum Gasteiger partial charge on any atom is 0.123 e. The lowest BCUT2D eigenvalue weighted by Gasteiger charge is -2.16. The highest BCUT2D eigenvalue weighted by Gasteiger charge is 2.08. The summed E-state index contributed by atoms with van der Waals surface area (Å²) < 4.78 is 27.4. The van der Waals surface area contributed by atoms with Crippen LogP contribution in [0.5, 0.6) is 0 Å². The summed E-state index contributed by atoms with van der Waals surface area (Å²) in [5, 5.41) is 0. The molecular weight excluding hydrogens is 364 g/mol. The molecule has 0 aliphatic rings. The molecule has 140 valence electrons. The Kier molecular flexibility index (Phi) is 7.71. The molecule has 0 unspecified atom stereocenters. The van der Waals surface area contributed by atoms with E-state index in [1.165, 1.54) is 29.8 Å². The maximum atomic E-state index is 13.7. The predicted molar refractivity (Wildman–Crippen MR) is 110 cm³/mol. The number of halogens is 3. The molecule has 0 fully saturated rings. The van der Waals surface area contributed by atoms with E-state index in [4.69, 9.17) is 0 Å². The van der Waals surface area contributed by atoms with Crippen molar-refractivity contribution in [2.75, 3.05) is 13.6 Å². The Morgan fingerprint density at radius 2 is 1.37 bits per heavy atom. The molecule has 0 atom stereocenters. The standard InChI is InChI=1S/C23H21F2N.ClH/c1-26(17-18-7-3-2-4-8-18)14-13-23(19-9-5-11-21(24)15-19)20-10-6-12-22(25)16-20;/h2-13,15-16H,14,17H2,1H3;1H. The minimum absolute atomic E-state index is 0. The Bertz CT molecular complexity index is 846. The van der Waals surface area contributed by atoms with Crippen molar-refractivity contribution in [3.8, 4) is 0 Å². The van der Waals surface area contributed by atoms with E-state index < -0.39 is 0 Å². The molecule has 0 heterocycles. The lowest BCUT2D eigenvalue weighted by atomic mass is 9.97. The fourth-order valence-electron chi connectivity index (χ4n) is 2.92. The monoisotopic (exact) mass is 385 g/mol. The van der Waals surface area contributed by atoms with Gasteiger partial charge in [-0.3, -0.25) is 4.90 Å². The zero-order valence-corrected chi connectivity index (χ0v) is 15.9. The number of hydrogen-bond donors (Lipinski definition) is 0. The van der Waals surface area contributed by atoms with Gasteiger partial charge < -0.3 is 0 Å². The minimum Gasteiger partial charge on any atom is -0.298 e. The van der Waals surface area contributed by atoms with E-state index >= 15 is 0 Å². The molecule has 3 aromatic rings. The molecule has 0 aliphatic heterocycles. The molecule has 1 nitrogen and oxygen atoms in total. The first-order chi connectivity index (χ1) is 12.6. The van der Waals surface area contributed by atoms with E-state index in [0.29, 0.717) is 6.54 Å². The lowest BCUT2D eigenvalue weighted by Crippen LogP contribution is -2.18. The van der Waals surface area contributed by atoms with Crippen LogP contribution < -0.4 is 0 Å². The van der Waals surface area contributed by atoms with Crippen LogP contribution in [-0.4, -0.2) is 18.5 Å². The van der Waals surface area contributed by atoms with Gasteiger partial charge in [0.25, 0.3) is 0 Å². The number of likely N-dealkylation sites (N-methyl/N-ethyl adjacent to an activating group) is 1. The Labute approximate surface area is 165 Å². The Morgan fingerprint density at radius 1 is 0.815 bits per heavy atom. The second-order valence-electron chi connectivity index (χ2n) is 6.32. The molecule has 0 bridgehead atoms. The number of nitrogens with zero attached hydrogens (tertiary/aromatic N) is 1. The Hall–Kier alpha value is -2.49. The number of rotatable bonds is 6. The second-order valence-corrected chi connectivity index (χ2v) is 6.32. The highest BCUT2D eigenvalue weighted by atomic mass is 35.5. The molecule has 3 rings (SSSR count). The van der Waals surface area contributed by atoms with Crippen LogP contribution in [0.25, 0.3) is 5.57 Å². The third-order valence-corrected chi connectivity index (χ3v) is 4.17. The van der Waals surface area contributed by atoms with E-state index in [1.807, 2.05) is 43.5 Å². The summed E-state index contributed by atoms with van der Waals surface area (Å²) in [5.41, 5.74) is 3.53. The van der Waals surface area contributed by atoms with Crippen LogP contribution in [0.15, 0.2) is 84.9 Å². The van der Waals surface area contributed by atoms with Gasteiger partial charge in [0.1, 0.15) is 11.6 Å². The number of benzene rings is 3. The molecule has 4 heteroatoms. The van der Waals surface area contributed by atoms with Crippen molar-refractivity contribution in [3.05, 3.63) is 113 Å². The topological polar surface area (TPSA) is 3.24 Å². The Morgan fingerprint density at radius 3 is 1.89 bits per heavy atom. The molecule has 0 N–H and O–H groups in total. The van der Waals surface area contributed by atoms with Gasteiger partial charge in [-0.05, 0) is 53.6 Å². The van der Waals surface area contributed by atoms with E-state index in [-0.39, 0.29) is 24.0 Å². The van der Waals surface area contributed by atoms with Crippen molar-refractivity contribution in [2.24, 2.45) is 0 Å². The van der Waals surface area contributed by atoms with Crippen molar-refractivity contribution >= 4 is 18.0 Å². The van der Waals surface area contributed by atoms with Gasteiger partial charge in [-0.25, -0.2) is 8.78 Å². The molecular formula is C23H22ClF2N. The number of hydrogen-bond acceptors (Lipinski definition) is 1. The molecule has 0 saturated heterocycles.